The van der Waals surface area contributed by atoms with E-state index in [9.17, 15) is 14.7 Å². The van der Waals surface area contributed by atoms with Crippen molar-refractivity contribution in [2.45, 2.75) is 31.2 Å². The molecule has 1 aliphatic rings. The Morgan fingerprint density at radius 3 is 2.26 bits per heavy atom. The Morgan fingerprint density at radius 2 is 1.55 bits per heavy atom. The highest BCUT2D eigenvalue weighted by Crippen LogP contribution is 2.53. The first-order chi connectivity index (χ1) is 20.4. The Labute approximate surface area is 243 Å². The van der Waals surface area contributed by atoms with Crippen LogP contribution < -0.4 is 5.32 Å². The quantitative estimate of drug-likeness (QED) is 0.216. The van der Waals surface area contributed by atoms with Gasteiger partial charge in [-0.1, -0.05) is 84.9 Å². The van der Waals surface area contributed by atoms with E-state index in [-0.39, 0.29) is 22.9 Å². The molecule has 0 spiro atoms. The van der Waals surface area contributed by atoms with Crippen LogP contribution in [0.25, 0.3) is 27.4 Å². The number of aromatic nitrogens is 2. The van der Waals surface area contributed by atoms with Crippen molar-refractivity contribution in [1.82, 2.24) is 14.7 Å². The minimum Gasteiger partial charge on any atom is -0.478 e. The second-order valence-electron chi connectivity index (χ2n) is 11.1. The summed E-state index contributed by atoms with van der Waals surface area (Å²) in [5, 5.41) is 14.8. The number of carboxylic acid groups (broad SMARTS) is 1. The lowest BCUT2D eigenvalue weighted by Gasteiger charge is -2.20. The normalized spacial score (nSPS) is 14.5. The maximum Gasteiger partial charge on any atom is 0.335 e. The number of fused-ring (bicyclic) bond motifs is 2. The summed E-state index contributed by atoms with van der Waals surface area (Å²) < 4.78 is 2.02. The molecule has 6 heteroatoms. The van der Waals surface area contributed by atoms with E-state index in [4.69, 9.17) is 4.98 Å². The van der Waals surface area contributed by atoms with Crippen LogP contribution in [0.1, 0.15) is 63.6 Å². The molecule has 2 aromatic heterocycles. The zero-order valence-corrected chi connectivity index (χ0v) is 23.1. The second kappa shape index (κ2) is 10.00. The van der Waals surface area contributed by atoms with Crippen LogP contribution in [0.4, 0.5) is 0 Å². The summed E-state index contributed by atoms with van der Waals surface area (Å²) in [5.74, 6) is -0.330. The highest BCUT2D eigenvalue weighted by Gasteiger charge is 2.49. The van der Waals surface area contributed by atoms with Crippen LogP contribution in [0.2, 0.25) is 0 Å². The molecule has 1 fully saturated rings. The maximum atomic E-state index is 14.1. The molecule has 0 radical (unpaired) electrons. The van der Waals surface area contributed by atoms with E-state index < -0.39 is 5.97 Å². The summed E-state index contributed by atoms with van der Waals surface area (Å²) in [7, 11) is 0. The first-order valence-corrected chi connectivity index (χ1v) is 14.1. The lowest BCUT2D eigenvalue weighted by atomic mass is 9.92. The molecule has 6 nitrogen and oxygen atoms in total. The average Bonchev–Trinajstić information content (AvgIpc) is 3.72. The molecule has 1 saturated carbocycles. The van der Waals surface area contributed by atoms with Gasteiger partial charge in [0, 0.05) is 0 Å². The van der Waals surface area contributed by atoms with Gasteiger partial charge < -0.3 is 10.4 Å². The zero-order valence-electron chi connectivity index (χ0n) is 23.1. The number of hydrogen-bond acceptors (Lipinski definition) is 3. The van der Waals surface area contributed by atoms with Crippen LogP contribution in [0.15, 0.2) is 115 Å². The van der Waals surface area contributed by atoms with Gasteiger partial charge >= 0.3 is 5.97 Å². The molecule has 2 N–H and O–H groups in total. The number of pyridine rings is 1. The highest BCUT2D eigenvalue weighted by atomic mass is 16.4. The third kappa shape index (κ3) is 4.41. The molecule has 0 bridgehead atoms. The summed E-state index contributed by atoms with van der Waals surface area (Å²) in [6.45, 7) is 1.90. The predicted molar refractivity (Wildman–Crippen MR) is 164 cm³/mol. The number of hydrogen-bond donors (Lipinski definition) is 2. The number of nitrogens with one attached hydrogen (secondary N) is 1. The molecule has 2 heterocycles. The Kier molecular flexibility index (Phi) is 6.12. The molecule has 6 aromatic rings. The van der Waals surface area contributed by atoms with Crippen molar-refractivity contribution in [3.05, 3.63) is 144 Å². The third-order valence-corrected chi connectivity index (χ3v) is 8.45. The highest BCUT2D eigenvalue weighted by molar-refractivity contribution is 5.96. The van der Waals surface area contributed by atoms with Gasteiger partial charge in [0.2, 0.25) is 0 Å². The lowest BCUT2D eigenvalue weighted by molar-refractivity contribution is 0.0696. The van der Waals surface area contributed by atoms with Crippen molar-refractivity contribution >= 4 is 28.2 Å². The summed E-state index contributed by atoms with van der Waals surface area (Å²) in [6, 6.07) is 35.3. The zero-order chi connectivity index (χ0) is 28.8. The Bertz CT molecular complexity index is 1970. The molecule has 42 heavy (non-hydrogen) atoms. The molecule has 0 unspecified atom stereocenters. The van der Waals surface area contributed by atoms with Crippen LogP contribution in [0.3, 0.4) is 0 Å². The van der Waals surface area contributed by atoms with Gasteiger partial charge in [0.05, 0.1) is 28.7 Å². The number of nitrogens with zero attached hydrogens (tertiary/aromatic N) is 2. The lowest BCUT2D eigenvalue weighted by Crippen LogP contribution is -2.29. The van der Waals surface area contributed by atoms with Crippen molar-refractivity contribution in [3.63, 3.8) is 0 Å². The first kappa shape index (κ1) is 25.7. The van der Waals surface area contributed by atoms with Crippen molar-refractivity contribution in [2.75, 3.05) is 0 Å². The Morgan fingerprint density at radius 1 is 0.833 bits per heavy atom. The van der Waals surface area contributed by atoms with Gasteiger partial charge in [-0.3, -0.25) is 9.20 Å². The number of amides is 1. The van der Waals surface area contributed by atoms with Crippen LogP contribution in [-0.4, -0.2) is 26.4 Å². The summed E-state index contributed by atoms with van der Waals surface area (Å²) >= 11 is 0. The molecule has 206 valence electrons. The third-order valence-electron chi connectivity index (χ3n) is 8.45. The first-order valence-electron chi connectivity index (χ1n) is 14.1. The van der Waals surface area contributed by atoms with Crippen molar-refractivity contribution in [2.24, 2.45) is 0 Å². The molecule has 1 amide bonds. The Hall–Kier alpha value is -5.23. The van der Waals surface area contributed by atoms with Crippen LogP contribution >= 0.6 is 0 Å². The topological polar surface area (TPSA) is 83.7 Å². The van der Waals surface area contributed by atoms with Crippen LogP contribution in [0.5, 0.6) is 0 Å². The molecule has 7 rings (SSSR count). The minimum absolute atomic E-state index is 0.209. The van der Waals surface area contributed by atoms with Crippen molar-refractivity contribution in [3.8, 4) is 11.1 Å². The van der Waals surface area contributed by atoms with Gasteiger partial charge in [-0.25, -0.2) is 9.78 Å². The fourth-order valence-corrected chi connectivity index (χ4v) is 5.96. The van der Waals surface area contributed by atoms with Gasteiger partial charge in [0.25, 0.3) is 5.91 Å². The SMILES string of the molecule is C[C@H](NC(=O)c1cc(-c2ccccc2)cc2cnc(C3(c4ccc5ccccc5c4)CC3)n12)c1ccc(C(=O)O)cc1. The fourth-order valence-electron chi connectivity index (χ4n) is 5.96. The molecule has 4 aromatic carbocycles. The van der Waals surface area contributed by atoms with E-state index in [0.717, 1.165) is 40.9 Å². The van der Waals surface area contributed by atoms with E-state index in [1.54, 1.807) is 24.3 Å². The molecule has 0 aliphatic heterocycles. The Balaban J connectivity index is 1.33. The number of rotatable bonds is 7. The molecular weight excluding hydrogens is 522 g/mol. The van der Waals surface area contributed by atoms with E-state index in [1.807, 2.05) is 60.0 Å². The van der Waals surface area contributed by atoms with Crippen molar-refractivity contribution < 1.29 is 14.7 Å². The monoisotopic (exact) mass is 551 g/mol. The number of aromatic carboxylic acids is 1. The van der Waals surface area contributed by atoms with Gasteiger partial charge in [-0.2, -0.15) is 0 Å². The van der Waals surface area contributed by atoms with E-state index >= 15 is 0 Å². The number of benzene rings is 4. The van der Waals surface area contributed by atoms with Crippen LogP contribution in [0, 0.1) is 0 Å². The minimum atomic E-state index is -0.980. The van der Waals surface area contributed by atoms with Crippen LogP contribution in [-0.2, 0) is 5.41 Å². The van der Waals surface area contributed by atoms with Gasteiger partial charge in [-0.15, -0.1) is 0 Å². The van der Waals surface area contributed by atoms with E-state index in [0.29, 0.717) is 5.69 Å². The largest absolute Gasteiger partial charge is 0.478 e. The molecule has 1 aliphatic carbocycles. The maximum absolute atomic E-state index is 14.1. The summed E-state index contributed by atoms with van der Waals surface area (Å²) in [4.78, 5) is 30.3. The molecule has 1 atom stereocenters. The van der Waals surface area contributed by atoms with E-state index in [2.05, 4.69) is 47.8 Å². The average molecular weight is 552 g/mol. The van der Waals surface area contributed by atoms with E-state index in [1.165, 1.54) is 16.3 Å². The smallest absolute Gasteiger partial charge is 0.335 e. The number of imidazole rings is 1. The summed E-state index contributed by atoms with van der Waals surface area (Å²) in [6.07, 6.45) is 3.78. The predicted octanol–water partition coefficient (Wildman–Crippen LogP) is 7.42. The summed E-state index contributed by atoms with van der Waals surface area (Å²) in [5.41, 5.74) is 5.31. The number of carbonyl (C=O) groups is 2. The van der Waals surface area contributed by atoms with Gasteiger partial charge in [-0.05, 0) is 77.1 Å². The van der Waals surface area contributed by atoms with Gasteiger partial charge in [0.15, 0.2) is 0 Å². The van der Waals surface area contributed by atoms with Crippen molar-refractivity contribution in [1.29, 1.82) is 0 Å². The number of carboxylic acids is 1. The fraction of sp³-hybridized carbons (Fsp3) is 0.139. The standard InChI is InChI=1S/C36H29N3O3/c1-23(24-11-13-27(14-12-24)34(41)42)38-33(40)32-21-29(25-7-3-2-4-8-25)20-31-22-37-35(39(31)32)36(17-18-36)30-16-15-26-9-5-6-10-28(26)19-30/h2-16,19-23H,17-18H2,1H3,(H,38,40)(H,41,42)/t23-/m0/s1. The molecular formula is C36H29N3O3. The number of carbonyl (C=O) groups excluding carboxylic acids is 1. The van der Waals surface area contributed by atoms with Gasteiger partial charge in [0.1, 0.15) is 11.5 Å². The molecule has 0 saturated heterocycles. The second-order valence-corrected chi connectivity index (χ2v) is 11.1.